The van der Waals surface area contributed by atoms with E-state index in [4.69, 9.17) is 0 Å². The second-order valence-corrected chi connectivity index (χ2v) is 8.50. The van der Waals surface area contributed by atoms with E-state index < -0.39 is 0 Å². The van der Waals surface area contributed by atoms with Crippen LogP contribution in [0.4, 0.5) is 0 Å². The van der Waals surface area contributed by atoms with Crippen LogP contribution < -0.4 is 5.32 Å². The molecular weight excluding hydrogens is 324 g/mol. The normalized spacial score (nSPS) is 24.8. The molecular formula is C18H29BrN2. The molecule has 2 rings (SSSR count). The predicted octanol–water partition coefficient (Wildman–Crippen LogP) is 4.83. The van der Waals surface area contributed by atoms with Gasteiger partial charge in [-0.3, -0.25) is 4.98 Å². The molecule has 1 saturated carbocycles. The number of halogens is 1. The first-order chi connectivity index (χ1) is 9.90. The second kappa shape index (κ2) is 7.23. The number of pyridine rings is 1. The largest absolute Gasteiger partial charge is 0.316 e. The van der Waals surface area contributed by atoms with Crippen molar-refractivity contribution in [3.8, 4) is 0 Å². The number of nitrogens with zero attached hydrogens (tertiary/aromatic N) is 1. The average molecular weight is 353 g/mol. The predicted molar refractivity (Wildman–Crippen MR) is 93.4 cm³/mol. The standard InChI is InChI=1S/C18H29BrN2/c1-18(2,3)15-7-5-14(6-8-15)17(20-4)10-13-9-16(19)12-21-11-13/h9,11-12,14-15,17,20H,5-8,10H2,1-4H3. The summed E-state index contributed by atoms with van der Waals surface area (Å²) in [5.41, 5.74) is 1.79. The van der Waals surface area contributed by atoms with E-state index in [0.717, 1.165) is 22.7 Å². The fourth-order valence-corrected chi connectivity index (χ4v) is 4.13. The van der Waals surface area contributed by atoms with Crippen molar-refractivity contribution in [2.45, 2.75) is 58.9 Å². The molecule has 1 fully saturated rings. The summed E-state index contributed by atoms with van der Waals surface area (Å²) in [5, 5.41) is 3.55. The Morgan fingerprint density at radius 2 is 1.90 bits per heavy atom. The summed E-state index contributed by atoms with van der Waals surface area (Å²) in [6.07, 6.45) is 10.4. The van der Waals surface area contributed by atoms with Gasteiger partial charge >= 0.3 is 0 Å². The van der Waals surface area contributed by atoms with Gasteiger partial charge in [0.1, 0.15) is 0 Å². The Morgan fingerprint density at radius 1 is 1.24 bits per heavy atom. The SMILES string of the molecule is CNC(Cc1cncc(Br)c1)C1CCC(C(C)(C)C)CC1. The summed E-state index contributed by atoms with van der Waals surface area (Å²) in [4.78, 5) is 4.29. The van der Waals surface area contributed by atoms with Crippen molar-refractivity contribution in [2.75, 3.05) is 7.05 Å². The average Bonchev–Trinajstić information content (AvgIpc) is 2.44. The Balaban J connectivity index is 1.94. The summed E-state index contributed by atoms with van der Waals surface area (Å²) in [7, 11) is 2.10. The third-order valence-corrected chi connectivity index (χ3v) is 5.59. The van der Waals surface area contributed by atoms with E-state index in [-0.39, 0.29) is 0 Å². The van der Waals surface area contributed by atoms with Crippen molar-refractivity contribution in [3.63, 3.8) is 0 Å². The Hall–Kier alpha value is -0.410. The zero-order chi connectivity index (χ0) is 15.5. The fraction of sp³-hybridized carbons (Fsp3) is 0.722. The lowest BCUT2D eigenvalue weighted by Gasteiger charge is -2.39. The van der Waals surface area contributed by atoms with Crippen LogP contribution in [0.2, 0.25) is 0 Å². The molecule has 0 amide bonds. The van der Waals surface area contributed by atoms with Gasteiger partial charge in [-0.2, -0.15) is 0 Å². The molecule has 2 nitrogen and oxygen atoms in total. The number of hydrogen-bond acceptors (Lipinski definition) is 2. The van der Waals surface area contributed by atoms with Gasteiger partial charge in [-0.15, -0.1) is 0 Å². The molecule has 1 N–H and O–H groups in total. The maximum Gasteiger partial charge on any atom is 0.0410 e. The quantitative estimate of drug-likeness (QED) is 0.839. The molecule has 1 unspecified atom stereocenters. The Bertz CT molecular complexity index is 445. The Kier molecular flexibility index (Phi) is 5.84. The Labute approximate surface area is 138 Å². The van der Waals surface area contributed by atoms with Crippen molar-refractivity contribution >= 4 is 15.9 Å². The zero-order valence-corrected chi connectivity index (χ0v) is 15.4. The number of likely N-dealkylation sites (N-methyl/N-ethyl adjacent to an activating group) is 1. The van der Waals surface area contributed by atoms with Crippen molar-refractivity contribution < 1.29 is 0 Å². The van der Waals surface area contributed by atoms with Gasteiger partial charge in [0.15, 0.2) is 0 Å². The first-order valence-electron chi connectivity index (χ1n) is 8.17. The van der Waals surface area contributed by atoms with Crippen LogP contribution >= 0.6 is 15.9 Å². The van der Waals surface area contributed by atoms with Crippen LogP contribution in [-0.2, 0) is 6.42 Å². The molecule has 0 bridgehead atoms. The van der Waals surface area contributed by atoms with Gasteiger partial charge in [0, 0.05) is 22.9 Å². The van der Waals surface area contributed by atoms with Gasteiger partial charge < -0.3 is 5.32 Å². The molecule has 0 aromatic carbocycles. The molecule has 0 aliphatic heterocycles. The maximum absolute atomic E-state index is 4.29. The van der Waals surface area contributed by atoms with Crippen LogP contribution in [0.1, 0.15) is 52.0 Å². The lowest BCUT2D eigenvalue weighted by atomic mass is 9.68. The third-order valence-electron chi connectivity index (χ3n) is 5.15. The monoisotopic (exact) mass is 352 g/mol. The van der Waals surface area contributed by atoms with E-state index >= 15 is 0 Å². The highest BCUT2D eigenvalue weighted by Crippen LogP contribution is 2.41. The van der Waals surface area contributed by atoms with Gasteiger partial charge in [0.05, 0.1) is 0 Å². The molecule has 0 spiro atoms. The minimum absolute atomic E-state index is 0.467. The molecule has 3 heteroatoms. The fourth-order valence-electron chi connectivity index (χ4n) is 3.71. The molecule has 1 aliphatic carbocycles. The lowest BCUT2D eigenvalue weighted by molar-refractivity contribution is 0.134. The summed E-state index contributed by atoms with van der Waals surface area (Å²) in [6.45, 7) is 7.17. The van der Waals surface area contributed by atoms with Crippen LogP contribution in [0, 0.1) is 17.3 Å². The highest BCUT2D eigenvalue weighted by Gasteiger charge is 2.32. The van der Waals surface area contributed by atoms with E-state index in [2.05, 4.69) is 60.1 Å². The highest BCUT2D eigenvalue weighted by atomic mass is 79.9. The van der Waals surface area contributed by atoms with Gasteiger partial charge in [0.2, 0.25) is 0 Å². The van der Waals surface area contributed by atoms with Gasteiger partial charge in [-0.25, -0.2) is 0 Å². The molecule has 118 valence electrons. The van der Waals surface area contributed by atoms with E-state index in [0.29, 0.717) is 11.5 Å². The summed E-state index contributed by atoms with van der Waals surface area (Å²) in [5.74, 6) is 1.69. The number of aromatic nitrogens is 1. The molecule has 1 aromatic heterocycles. The van der Waals surface area contributed by atoms with Gasteiger partial charge in [-0.1, -0.05) is 20.8 Å². The van der Waals surface area contributed by atoms with Crippen LogP contribution in [0.3, 0.4) is 0 Å². The van der Waals surface area contributed by atoms with Crippen molar-refractivity contribution in [1.29, 1.82) is 0 Å². The third kappa shape index (κ3) is 4.79. The van der Waals surface area contributed by atoms with Crippen LogP contribution in [0.25, 0.3) is 0 Å². The first-order valence-corrected chi connectivity index (χ1v) is 8.96. The van der Waals surface area contributed by atoms with Gasteiger partial charge in [0.25, 0.3) is 0 Å². The lowest BCUT2D eigenvalue weighted by Crippen LogP contribution is -2.39. The molecule has 1 atom stereocenters. The summed E-state index contributed by atoms with van der Waals surface area (Å²) in [6, 6.07) is 2.76. The molecule has 1 aliphatic rings. The van der Waals surface area contributed by atoms with E-state index in [1.54, 1.807) is 0 Å². The molecule has 21 heavy (non-hydrogen) atoms. The first kappa shape index (κ1) is 17.0. The van der Waals surface area contributed by atoms with Crippen LogP contribution in [0.5, 0.6) is 0 Å². The smallest absolute Gasteiger partial charge is 0.0410 e. The molecule has 1 heterocycles. The maximum atomic E-state index is 4.29. The second-order valence-electron chi connectivity index (χ2n) is 7.59. The molecule has 0 saturated heterocycles. The minimum Gasteiger partial charge on any atom is -0.316 e. The number of hydrogen-bond donors (Lipinski definition) is 1. The summed E-state index contributed by atoms with van der Waals surface area (Å²) >= 11 is 3.52. The van der Waals surface area contributed by atoms with E-state index in [1.165, 1.54) is 31.2 Å². The Morgan fingerprint density at radius 3 is 2.43 bits per heavy atom. The van der Waals surface area contributed by atoms with Crippen molar-refractivity contribution in [2.24, 2.45) is 17.3 Å². The molecule has 1 aromatic rings. The number of rotatable bonds is 4. The van der Waals surface area contributed by atoms with Crippen molar-refractivity contribution in [1.82, 2.24) is 10.3 Å². The van der Waals surface area contributed by atoms with Gasteiger partial charge in [-0.05, 0) is 84.0 Å². The highest BCUT2D eigenvalue weighted by molar-refractivity contribution is 9.10. The number of nitrogens with one attached hydrogen (secondary N) is 1. The summed E-state index contributed by atoms with van der Waals surface area (Å²) < 4.78 is 1.08. The zero-order valence-electron chi connectivity index (χ0n) is 13.8. The van der Waals surface area contributed by atoms with Crippen molar-refractivity contribution in [3.05, 3.63) is 28.5 Å². The van der Waals surface area contributed by atoms with E-state index in [9.17, 15) is 0 Å². The van der Waals surface area contributed by atoms with E-state index in [1.807, 2.05) is 12.4 Å². The van der Waals surface area contributed by atoms with Crippen LogP contribution in [-0.4, -0.2) is 18.1 Å². The topological polar surface area (TPSA) is 24.9 Å². The molecule has 0 radical (unpaired) electrons. The van der Waals surface area contributed by atoms with Crippen LogP contribution in [0.15, 0.2) is 22.9 Å². The minimum atomic E-state index is 0.467.